The SMILES string of the molecule is CCOC(=O)c1c(C[NH+](C)Cc2cccc(OC)c2)nc2ccccc2c1C. The molecule has 1 N–H and O–H groups in total. The molecule has 2 aromatic carbocycles. The number of ether oxygens (including phenoxy) is 2. The van der Waals surface area contributed by atoms with Crippen LogP contribution in [0.5, 0.6) is 5.75 Å². The molecule has 0 saturated carbocycles. The van der Waals surface area contributed by atoms with E-state index in [0.29, 0.717) is 18.7 Å². The molecule has 1 heterocycles. The number of aromatic nitrogens is 1. The third-order valence-electron chi connectivity index (χ3n) is 4.82. The van der Waals surface area contributed by atoms with Crippen LogP contribution in [0.25, 0.3) is 10.9 Å². The molecule has 1 unspecified atom stereocenters. The second-order valence-corrected chi connectivity index (χ2v) is 6.96. The van der Waals surface area contributed by atoms with Crippen molar-refractivity contribution in [3.05, 3.63) is 70.9 Å². The number of carbonyl (C=O) groups excluding carboxylic acids is 1. The van der Waals surface area contributed by atoms with Crippen molar-refractivity contribution < 1.29 is 19.2 Å². The minimum atomic E-state index is -0.303. The van der Waals surface area contributed by atoms with Crippen LogP contribution in [0.3, 0.4) is 0 Å². The smallest absolute Gasteiger partial charge is 0.340 e. The van der Waals surface area contributed by atoms with Gasteiger partial charge >= 0.3 is 5.97 Å². The number of nitrogens with zero attached hydrogens (tertiary/aromatic N) is 1. The maximum atomic E-state index is 12.7. The van der Waals surface area contributed by atoms with Gasteiger partial charge in [-0.15, -0.1) is 0 Å². The van der Waals surface area contributed by atoms with Gasteiger partial charge in [0, 0.05) is 10.9 Å². The quantitative estimate of drug-likeness (QED) is 0.642. The first-order valence-corrected chi connectivity index (χ1v) is 9.53. The number of hydrogen-bond acceptors (Lipinski definition) is 4. The highest BCUT2D eigenvalue weighted by Crippen LogP contribution is 2.23. The topological polar surface area (TPSA) is 52.9 Å². The van der Waals surface area contributed by atoms with Crippen LogP contribution >= 0.6 is 0 Å². The van der Waals surface area contributed by atoms with Crippen molar-refractivity contribution in [1.29, 1.82) is 0 Å². The van der Waals surface area contributed by atoms with Gasteiger partial charge in [-0.05, 0) is 37.6 Å². The number of fused-ring (bicyclic) bond motifs is 1. The minimum Gasteiger partial charge on any atom is -0.497 e. The molecule has 3 rings (SSSR count). The molecule has 146 valence electrons. The molecule has 0 aliphatic heterocycles. The molecule has 0 saturated heterocycles. The standard InChI is InChI=1S/C23H26N2O3/c1-5-28-23(26)22-16(2)19-11-6-7-12-20(19)24-21(22)15-25(3)14-17-9-8-10-18(13-17)27-4/h6-13H,5,14-15H2,1-4H3/p+1. The van der Waals surface area contributed by atoms with Gasteiger partial charge in [-0.25, -0.2) is 9.78 Å². The number of hydrogen-bond donors (Lipinski definition) is 1. The van der Waals surface area contributed by atoms with Crippen molar-refractivity contribution in [2.45, 2.75) is 26.9 Å². The Hall–Kier alpha value is -2.92. The van der Waals surface area contributed by atoms with E-state index in [2.05, 4.69) is 13.1 Å². The Bertz CT molecular complexity index is 985. The zero-order chi connectivity index (χ0) is 20.1. The Balaban J connectivity index is 1.93. The number of pyridine rings is 1. The van der Waals surface area contributed by atoms with Crippen molar-refractivity contribution in [3.63, 3.8) is 0 Å². The molecule has 0 bridgehead atoms. The average molecular weight is 379 g/mol. The van der Waals surface area contributed by atoms with Gasteiger partial charge in [0.25, 0.3) is 0 Å². The highest BCUT2D eigenvalue weighted by Gasteiger charge is 2.22. The van der Waals surface area contributed by atoms with Crippen LogP contribution in [0, 0.1) is 6.92 Å². The van der Waals surface area contributed by atoms with Crippen LogP contribution in [0.15, 0.2) is 48.5 Å². The summed E-state index contributed by atoms with van der Waals surface area (Å²) in [5.74, 6) is 0.541. The van der Waals surface area contributed by atoms with E-state index < -0.39 is 0 Å². The normalized spacial score (nSPS) is 12.0. The first-order valence-electron chi connectivity index (χ1n) is 9.53. The number of methoxy groups -OCH3 is 1. The Kier molecular flexibility index (Phi) is 6.26. The fourth-order valence-electron chi connectivity index (χ4n) is 3.52. The molecule has 0 spiro atoms. The zero-order valence-electron chi connectivity index (χ0n) is 16.9. The number of carbonyl (C=O) groups is 1. The largest absolute Gasteiger partial charge is 0.497 e. The Morgan fingerprint density at radius 1 is 1.11 bits per heavy atom. The average Bonchev–Trinajstić information content (AvgIpc) is 2.68. The highest BCUT2D eigenvalue weighted by atomic mass is 16.5. The van der Waals surface area contributed by atoms with Gasteiger partial charge < -0.3 is 14.4 Å². The number of para-hydroxylation sites is 1. The van der Waals surface area contributed by atoms with Crippen molar-refractivity contribution in [3.8, 4) is 5.75 Å². The first kappa shape index (κ1) is 19.8. The van der Waals surface area contributed by atoms with E-state index in [1.165, 1.54) is 10.5 Å². The summed E-state index contributed by atoms with van der Waals surface area (Å²) in [5, 5.41) is 0.986. The summed E-state index contributed by atoms with van der Waals surface area (Å²) in [7, 11) is 3.77. The lowest BCUT2D eigenvalue weighted by atomic mass is 10.0. The Morgan fingerprint density at radius 2 is 1.89 bits per heavy atom. The van der Waals surface area contributed by atoms with E-state index in [0.717, 1.165) is 34.5 Å². The number of aryl methyl sites for hydroxylation is 1. The van der Waals surface area contributed by atoms with Crippen molar-refractivity contribution in [1.82, 2.24) is 4.98 Å². The molecule has 0 aliphatic carbocycles. The highest BCUT2D eigenvalue weighted by molar-refractivity contribution is 5.98. The first-order chi connectivity index (χ1) is 13.5. The van der Waals surface area contributed by atoms with Gasteiger partial charge in [0.2, 0.25) is 0 Å². The molecule has 1 aromatic heterocycles. The number of nitrogens with one attached hydrogen (secondary N) is 1. The third-order valence-corrected chi connectivity index (χ3v) is 4.82. The number of rotatable bonds is 7. The molecule has 3 aromatic rings. The fourth-order valence-corrected chi connectivity index (χ4v) is 3.52. The molecule has 5 nitrogen and oxygen atoms in total. The second-order valence-electron chi connectivity index (χ2n) is 6.96. The number of quaternary nitrogens is 1. The van der Waals surface area contributed by atoms with E-state index in [9.17, 15) is 4.79 Å². The summed E-state index contributed by atoms with van der Waals surface area (Å²) in [4.78, 5) is 18.7. The summed E-state index contributed by atoms with van der Waals surface area (Å²) < 4.78 is 10.6. The summed E-state index contributed by atoms with van der Waals surface area (Å²) in [6.07, 6.45) is 0. The summed E-state index contributed by atoms with van der Waals surface area (Å²) in [6, 6.07) is 16.0. The van der Waals surface area contributed by atoms with Gasteiger partial charge in [0.15, 0.2) is 0 Å². The minimum absolute atomic E-state index is 0.303. The Labute approximate surface area is 165 Å². The van der Waals surface area contributed by atoms with Gasteiger partial charge in [-0.2, -0.15) is 0 Å². The summed E-state index contributed by atoms with van der Waals surface area (Å²) in [6.45, 7) is 5.56. The molecule has 5 heteroatoms. The van der Waals surface area contributed by atoms with E-state index in [1.807, 2.05) is 56.3 Å². The van der Waals surface area contributed by atoms with Crippen LogP contribution in [-0.4, -0.2) is 31.7 Å². The van der Waals surface area contributed by atoms with Crippen molar-refractivity contribution >= 4 is 16.9 Å². The molecule has 0 fully saturated rings. The number of esters is 1. The molecule has 0 amide bonds. The fraction of sp³-hybridized carbons (Fsp3) is 0.304. The van der Waals surface area contributed by atoms with Crippen molar-refractivity contribution in [2.24, 2.45) is 0 Å². The number of benzene rings is 2. The third kappa shape index (κ3) is 4.31. The summed E-state index contributed by atoms with van der Waals surface area (Å²) >= 11 is 0. The molecule has 28 heavy (non-hydrogen) atoms. The lowest BCUT2D eigenvalue weighted by Crippen LogP contribution is -3.06. The van der Waals surface area contributed by atoms with E-state index >= 15 is 0 Å². The predicted octanol–water partition coefficient (Wildman–Crippen LogP) is 2.94. The van der Waals surface area contributed by atoms with Gasteiger partial charge in [-0.1, -0.05) is 30.3 Å². The molecule has 1 atom stereocenters. The van der Waals surface area contributed by atoms with Crippen LogP contribution < -0.4 is 9.64 Å². The van der Waals surface area contributed by atoms with Crippen LogP contribution in [0.1, 0.15) is 34.1 Å². The maximum absolute atomic E-state index is 12.7. The lowest BCUT2D eigenvalue weighted by molar-refractivity contribution is -0.908. The van der Waals surface area contributed by atoms with Crippen molar-refractivity contribution in [2.75, 3.05) is 20.8 Å². The lowest BCUT2D eigenvalue weighted by Gasteiger charge is -2.18. The molecule has 0 radical (unpaired) electrons. The monoisotopic (exact) mass is 379 g/mol. The summed E-state index contributed by atoms with van der Waals surface area (Å²) in [5.41, 5.74) is 4.36. The predicted molar refractivity (Wildman–Crippen MR) is 110 cm³/mol. The molecular formula is C23H27N2O3+. The molecular weight excluding hydrogens is 352 g/mol. The van der Waals surface area contributed by atoms with E-state index in [-0.39, 0.29) is 5.97 Å². The second kappa shape index (κ2) is 8.85. The van der Waals surface area contributed by atoms with E-state index in [1.54, 1.807) is 7.11 Å². The maximum Gasteiger partial charge on any atom is 0.340 e. The van der Waals surface area contributed by atoms with Gasteiger partial charge in [-0.3, -0.25) is 0 Å². The van der Waals surface area contributed by atoms with Crippen LogP contribution in [0.2, 0.25) is 0 Å². The van der Waals surface area contributed by atoms with Crippen LogP contribution in [0.4, 0.5) is 0 Å². The van der Waals surface area contributed by atoms with Crippen LogP contribution in [-0.2, 0) is 17.8 Å². The van der Waals surface area contributed by atoms with Gasteiger partial charge in [0.05, 0.1) is 31.8 Å². The Morgan fingerprint density at radius 3 is 2.64 bits per heavy atom. The zero-order valence-corrected chi connectivity index (χ0v) is 16.9. The molecule has 0 aliphatic rings. The van der Waals surface area contributed by atoms with Gasteiger partial charge in [0.1, 0.15) is 24.5 Å². The van der Waals surface area contributed by atoms with E-state index in [4.69, 9.17) is 14.5 Å².